The Morgan fingerprint density at radius 1 is 1.50 bits per heavy atom. The Hall–Kier alpha value is -0.570. The molecule has 0 aliphatic carbocycles. The van der Waals surface area contributed by atoms with Crippen molar-refractivity contribution in [2.45, 2.75) is 45.6 Å². The molecule has 0 bridgehead atoms. The molecule has 1 rings (SSSR count). The fourth-order valence-electron chi connectivity index (χ4n) is 2.31. The van der Waals surface area contributed by atoms with Gasteiger partial charge in [-0.25, -0.2) is 0 Å². The third-order valence-electron chi connectivity index (χ3n) is 3.20. The summed E-state index contributed by atoms with van der Waals surface area (Å²) in [6.07, 6.45) is 4.16. The topological polar surface area (TPSA) is 40.5 Å². The Bertz CT molecular complexity index is 194. The summed E-state index contributed by atoms with van der Waals surface area (Å²) in [7, 11) is 0. The van der Waals surface area contributed by atoms with Crippen LogP contribution in [0.1, 0.15) is 39.5 Å². The van der Waals surface area contributed by atoms with E-state index in [1.807, 2.05) is 0 Å². The molecule has 14 heavy (non-hydrogen) atoms. The van der Waals surface area contributed by atoms with Crippen molar-refractivity contribution < 1.29 is 9.90 Å². The lowest BCUT2D eigenvalue weighted by Crippen LogP contribution is -2.40. The fraction of sp³-hybridized carbons (Fsp3) is 0.909. The second-order valence-corrected chi connectivity index (χ2v) is 4.22. The van der Waals surface area contributed by atoms with Crippen LogP contribution in [0.5, 0.6) is 0 Å². The number of hydrogen-bond acceptors (Lipinski definition) is 2. The molecule has 1 saturated heterocycles. The molecule has 0 aromatic heterocycles. The second-order valence-electron chi connectivity index (χ2n) is 4.22. The van der Waals surface area contributed by atoms with Crippen LogP contribution in [0.3, 0.4) is 0 Å². The van der Waals surface area contributed by atoms with Crippen molar-refractivity contribution in [2.24, 2.45) is 5.92 Å². The van der Waals surface area contributed by atoms with Crippen LogP contribution in [-0.4, -0.2) is 35.1 Å². The number of hydrogen-bond donors (Lipinski definition) is 1. The van der Waals surface area contributed by atoms with Gasteiger partial charge in [-0.2, -0.15) is 0 Å². The van der Waals surface area contributed by atoms with E-state index in [1.54, 1.807) is 0 Å². The number of carbonyl (C=O) groups is 1. The number of likely N-dealkylation sites (tertiary alicyclic amines) is 1. The van der Waals surface area contributed by atoms with Gasteiger partial charge in [-0.3, -0.25) is 9.69 Å². The van der Waals surface area contributed by atoms with Gasteiger partial charge in [0, 0.05) is 6.04 Å². The summed E-state index contributed by atoms with van der Waals surface area (Å²) in [6.45, 7) is 6.30. The van der Waals surface area contributed by atoms with Gasteiger partial charge < -0.3 is 5.11 Å². The molecule has 1 aliphatic heterocycles. The highest BCUT2D eigenvalue weighted by Gasteiger charge is 2.30. The minimum absolute atomic E-state index is 0.163. The summed E-state index contributed by atoms with van der Waals surface area (Å²) in [6, 6.07) is 0.204. The van der Waals surface area contributed by atoms with Gasteiger partial charge >= 0.3 is 5.97 Å². The van der Waals surface area contributed by atoms with Gasteiger partial charge in [0.05, 0.1) is 5.92 Å². The Balaban J connectivity index is 2.63. The van der Waals surface area contributed by atoms with Crippen molar-refractivity contribution in [3.8, 4) is 0 Å². The third-order valence-corrected chi connectivity index (χ3v) is 3.20. The molecule has 0 aromatic rings. The van der Waals surface area contributed by atoms with Gasteiger partial charge in [0.1, 0.15) is 0 Å². The number of aliphatic carboxylic acids is 1. The van der Waals surface area contributed by atoms with Crippen molar-refractivity contribution in [1.82, 2.24) is 4.90 Å². The minimum Gasteiger partial charge on any atom is -0.481 e. The van der Waals surface area contributed by atoms with Crippen molar-refractivity contribution in [2.75, 3.05) is 13.1 Å². The lowest BCUT2D eigenvalue weighted by Gasteiger charge is -2.29. The smallest absolute Gasteiger partial charge is 0.308 e. The van der Waals surface area contributed by atoms with E-state index in [4.69, 9.17) is 5.11 Å². The molecule has 0 spiro atoms. The zero-order valence-corrected chi connectivity index (χ0v) is 9.20. The first-order valence-electron chi connectivity index (χ1n) is 5.63. The number of carboxylic acid groups (broad SMARTS) is 1. The van der Waals surface area contributed by atoms with Crippen LogP contribution in [0.15, 0.2) is 0 Å². The molecule has 0 aromatic carbocycles. The molecule has 1 heterocycles. The van der Waals surface area contributed by atoms with Crippen LogP contribution in [0.4, 0.5) is 0 Å². The maximum Gasteiger partial charge on any atom is 0.308 e. The predicted molar refractivity (Wildman–Crippen MR) is 56.3 cm³/mol. The Kier molecular flexibility index (Phi) is 4.39. The predicted octanol–water partition coefficient (Wildman–Crippen LogP) is 1.97. The summed E-state index contributed by atoms with van der Waals surface area (Å²) in [5.41, 5.74) is 0. The number of nitrogens with zero attached hydrogens (tertiary/aromatic N) is 1. The first-order chi connectivity index (χ1) is 6.66. The highest BCUT2D eigenvalue weighted by atomic mass is 16.4. The lowest BCUT2D eigenvalue weighted by atomic mass is 9.96. The summed E-state index contributed by atoms with van der Waals surface area (Å²) < 4.78 is 0. The highest BCUT2D eigenvalue weighted by Crippen LogP contribution is 2.23. The number of carboxylic acids is 1. The van der Waals surface area contributed by atoms with E-state index in [1.165, 1.54) is 0 Å². The van der Waals surface area contributed by atoms with E-state index >= 15 is 0 Å². The number of rotatable bonds is 3. The van der Waals surface area contributed by atoms with Gasteiger partial charge in [-0.05, 0) is 39.3 Å². The first-order valence-corrected chi connectivity index (χ1v) is 5.63. The summed E-state index contributed by atoms with van der Waals surface area (Å²) in [5, 5.41) is 9.09. The van der Waals surface area contributed by atoms with Crippen LogP contribution in [0.25, 0.3) is 0 Å². The van der Waals surface area contributed by atoms with Crippen molar-refractivity contribution in [1.29, 1.82) is 0 Å². The van der Waals surface area contributed by atoms with Gasteiger partial charge in [-0.15, -0.1) is 0 Å². The van der Waals surface area contributed by atoms with Gasteiger partial charge in [0.25, 0.3) is 0 Å². The quantitative estimate of drug-likeness (QED) is 0.755. The second kappa shape index (κ2) is 5.35. The Morgan fingerprint density at radius 2 is 2.21 bits per heavy atom. The summed E-state index contributed by atoms with van der Waals surface area (Å²) >= 11 is 0. The van der Waals surface area contributed by atoms with E-state index in [0.717, 1.165) is 38.8 Å². The van der Waals surface area contributed by atoms with Crippen LogP contribution in [-0.2, 0) is 4.79 Å². The molecule has 3 nitrogen and oxygen atoms in total. The molecule has 3 heteroatoms. The van der Waals surface area contributed by atoms with Crippen molar-refractivity contribution in [3.63, 3.8) is 0 Å². The Labute approximate surface area is 86.1 Å². The average Bonchev–Trinajstić information content (AvgIpc) is 2.30. The van der Waals surface area contributed by atoms with E-state index in [-0.39, 0.29) is 12.0 Å². The molecule has 82 valence electrons. The zero-order valence-electron chi connectivity index (χ0n) is 9.20. The van der Waals surface area contributed by atoms with Gasteiger partial charge in [0.2, 0.25) is 0 Å². The molecule has 0 saturated carbocycles. The maximum absolute atomic E-state index is 11.0. The van der Waals surface area contributed by atoms with Crippen LogP contribution in [0, 0.1) is 5.92 Å². The zero-order chi connectivity index (χ0) is 10.6. The normalized spacial score (nSPS) is 29.9. The van der Waals surface area contributed by atoms with Crippen molar-refractivity contribution in [3.05, 3.63) is 0 Å². The van der Waals surface area contributed by atoms with Gasteiger partial charge in [-0.1, -0.05) is 13.3 Å². The molecule has 0 radical (unpaired) electrons. The SMILES string of the molecule is CCCN1CCCC[C@H](C(=O)O)[C@H]1C. The minimum atomic E-state index is -0.625. The average molecular weight is 199 g/mol. The molecular weight excluding hydrogens is 178 g/mol. The van der Waals surface area contributed by atoms with Gasteiger partial charge in [0.15, 0.2) is 0 Å². The van der Waals surface area contributed by atoms with E-state index in [2.05, 4.69) is 18.7 Å². The maximum atomic E-state index is 11.0. The largest absolute Gasteiger partial charge is 0.481 e. The molecule has 0 amide bonds. The van der Waals surface area contributed by atoms with E-state index < -0.39 is 5.97 Å². The first kappa shape index (κ1) is 11.5. The van der Waals surface area contributed by atoms with Crippen LogP contribution >= 0.6 is 0 Å². The standard InChI is InChI=1S/C11H21NO2/c1-3-7-12-8-5-4-6-10(9(12)2)11(13)14/h9-10H,3-8H2,1-2H3,(H,13,14)/t9-,10+/m1/s1. The van der Waals surface area contributed by atoms with Crippen LogP contribution < -0.4 is 0 Å². The summed E-state index contributed by atoms with van der Waals surface area (Å²) in [5.74, 6) is -0.787. The summed E-state index contributed by atoms with van der Waals surface area (Å²) in [4.78, 5) is 13.4. The Morgan fingerprint density at radius 3 is 2.79 bits per heavy atom. The van der Waals surface area contributed by atoms with Crippen LogP contribution in [0.2, 0.25) is 0 Å². The molecule has 1 fully saturated rings. The molecular formula is C11H21NO2. The van der Waals surface area contributed by atoms with E-state index in [0.29, 0.717) is 0 Å². The molecule has 1 N–H and O–H groups in total. The third kappa shape index (κ3) is 2.71. The lowest BCUT2D eigenvalue weighted by molar-refractivity contribution is -0.144. The monoisotopic (exact) mass is 199 g/mol. The van der Waals surface area contributed by atoms with E-state index in [9.17, 15) is 4.79 Å². The molecule has 1 aliphatic rings. The van der Waals surface area contributed by atoms with Crippen molar-refractivity contribution >= 4 is 5.97 Å². The highest BCUT2D eigenvalue weighted by molar-refractivity contribution is 5.70. The molecule has 0 unspecified atom stereocenters. The fourth-order valence-corrected chi connectivity index (χ4v) is 2.31. The molecule has 2 atom stereocenters.